The van der Waals surface area contributed by atoms with E-state index in [0.29, 0.717) is 28.2 Å². The molecule has 2 heterocycles. The third kappa shape index (κ3) is 4.38. The van der Waals surface area contributed by atoms with Gasteiger partial charge in [-0.1, -0.05) is 33.6 Å². The van der Waals surface area contributed by atoms with Crippen molar-refractivity contribution in [3.05, 3.63) is 93.1 Å². The average molecular weight is 506 g/mol. The molecule has 0 aliphatic carbocycles. The first kappa shape index (κ1) is 21.0. The molecule has 0 fully saturated rings. The lowest BCUT2D eigenvalue weighted by Gasteiger charge is -2.09. The van der Waals surface area contributed by atoms with Crippen LogP contribution in [-0.4, -0.2) is 24.6 Å². The summed E-state index contributed by atoms with van der Waals surface area (Å²) in [7, 11) is 0. The summed E-state index contributed by atoms with van der Waals surface area (Å²) in [6.45, 7) is 2.08. The summed E-state index contributed by atoms with van der Waals surface area (Å²) >= 11 is 3.41. The van der Waals surface area contributed by atoms with Gasteiger partial charge in [0.1, 0.15) is 5.75 Å². The first-order valence-corrected chi connectivity index (χ1v) is 10.8. The van der Waals surface area contributed by atoms with Crippen molar-refractivity contribution in [2.75, 3.05) is 6.79 Å². The van der Waals surface area contributed by atoms with Gasteiger partial charge in [-0.2, -0.15) is 0 Å². The Morgan fingerprint density at radius 3 is 2.64 bits per heavy atom. The monoisotopic (exact) mass is 505 g/mol. The maximum absolute atomic E-state index is 12.7. The lowest BCUT2D eigenvalue weighted by molar-refractivity contribution is -0.129. The van der Waals surface area contributed by atoms with Crippen LogP contribution >= 0.6 is 15.9 Å². The highest BCUT2D eigenvalue weighted by Crippen LogP contribution is 2.33. The van der Waals surface area contributed by atoms with E-state index < -0.39 is 11.9 Å². The second-order valence-electron chi connectivity index (χ2n) is 7.34. The van der Waals surface area contributed by atoms with Crippen LogP contribution in [0.5, 0.6) is 17.2 Å². The van der Waals surface area contributed by atoms with Crippen molar-refractivity contribution >= 4 is 39.8 Å². The van der Waals surface area contributed by atoms with Crippen molar-refractivity contribution in [1.82, 2.24) is 0 Å². The minimum atomic E-state index is -0.585. The number of rotatable bonds is 4. The number of aliphatic imine (C=N–C) groups is 1. The number of carbonyl (C=O) groups is 2. The number of fused-ring (bicyclic) bond motifs is 1. The third-order valence-corrected chi connectivity index (χ3v) is 5.49. The Kier molecular flexibility index (Phi) is 5.43. The molecule has 2 aliphatic rings. The van der Waals surface area contributed by atoms with Crippen LogP contribution in [0.25, 0.3) is 6.08 Å². The number of nitrogens with zero attached hydrogens (tertiary/aromatic N) is 1. The normalized spacial score (nSPS) is 15.4. The van der Waals surface area contributed by atoms with Crippen molar-refractivity contribution in [2.24, 2.45) is 4.99 Å². The summed E-state index contributed by atoms with van der Waals surface area (Å²) in [5.41, 5.74) is 2.67. The predicted molar refractivity (Wildman–Crippen MR) is 123 cm³/mol. The van der Waals surface area contributed by atoms with Gasteiger partial charge in [0.2, 0.25) is 12.7 Å². The van der Waals surface area contributed by atoms with Crippen LogP contribution in [0.3, 0.4) is 0 Å². The van der Waals surface area contributed by atoms with Crippen molar-refractivity contribution in [1.29, 1.82) is 0 Å². The van der Waals surface area contributed by atoms with Crippen molar-refractivity contribution in [3.8, 4) is 17.2 Å². The van der Waals surface area contributed by atoms with Gasteiger partial charge in [-0.05, 0) is 61.5 Å². The molecule has 0 saturated heterocycles. The lowest BCUT2D eigenvalue weighted by Crippen LogP contribution is -2.09. The Labute approximate surface area is 197 Å². The van der Waals surface area contributed by atoms with Crippen LogP contribution in [0.2, 0.25) is 0 Å². The molecule has 0 amide bonds. The molecule has 8 heteroatoms. The minimum Gasteiger partial charge on any atom is -0.454 e. The second-order valence-corrected chi connectivity index (χ2v) is 8.26. The van der Waals surface area contributed by atoms with Gasteiger partial charge in [-0.25, -0.2) is 14.6 Å². The molecule has 5 rings (SSSR count). The Morgan fingerprint density at radius 2 is 1.82 bits per heavy atom. The molecular weight excluding hydrogens is 490 g/mol. The number of hydrogen-bond donors (Lipinski definition) is 0. The van der Waals surface area contributed by atoms with Crippen molar-refractivity contribution in [2.45, 2.75) is 6.92 Å². The summed E-state index contributed by atoms with van der Waals surface area (Å²) in [5.74, 6) is 0.379. The molecule has 3 aromatic rings. The van der Waals surface area contributed by atoms with Crippen LogP contribution in [0.4, 0.5) is 0 Å². The zero-order chi connectivity index (χ0) is 22.9. The van der Waals surface area contributed by atoms with E-state index in [1.807, 2.05) is 31.2 Å². The quantitative estimate of drug-likeness (QED) is 0.280. The minimum absolute atomic E-state index is 0.101. The van der Waals surface area contributed by atoms with E-state index in [2.05, 4.69) is 20.9 Å². The Morgan fingerprint density at radius 1 is 1.03 bits per heavy atom. The van der Waals surface area contributed by atoms with Gasteiger partial charge in [-0.3, -0.25) is 0 Å². The topological polar surface area (TPSA) is 83.4 Å². The van der Waals surface area contributed by atoms with E-state index in [-0.39, 0.29) is 24.1 Å². The number of aryl methyl sites for hydroxylation is 1. The standard InChI is InChI=1S/C25H16BrNO6/c1-14-2-4-15(5-3-14)23-27-19(25(29)33-23)11-17-10-18(26)7-9-20(17)32-24(28)16-6-8-21-22(12-16)31-13-30-21/h2-12H,13H2,1H3/b19-11-. The van der Waals surface area contributed by atoms with Crippen LogP contribution in [-0.2, 0) is 9.53 Å². The number of esters is 2. The first-order valence-electron chi connectivity index (χ1n) is 9.97. The fourth-order valence-corrected chi connectivity index (χ4v) is 3.66. The number of ether oxygens (including phenoxy) is 4. The highest BCUT2D eigenvalue weighted by Gasteiger charge is 2.25. The van der Waals surface area contributed by atoms with E-state index in [1.54, 1.807) is 36.4 Å². The number of cyclic esters (lactones) is 1. The Bertz CT molecular complexity index is 1340. The molecule has 0 atom stereocenters. The number of carbonyl (C=O) groups excluding carboxylic acids is 2. The largest absolute Gasteiger partial charge is 0.454 e. The molecule has 7 nitrogen and oxygen atoms in total. The van der Waals surface area contributed by atoms with Crippen LogP contribution in [0.15, 0.2) is 75.8 Å². The molecule has 0 spiro atoms. The van der Waals surface area contributed by atoms with Crippen molar-refractivity contribution in [3.63, 3.8) is 0 Å². The molecule has 3 aromatic carbocycles. The van der Waals surface area contributed by atoms with Gasteiger partial charge < -0.3 is 18.9 Å². The predicted octanol–water partition coefficient (Wildman–Crippen LogP) is 5.05. The average Bonchev–Trinajstić information content (AvgIpc) is 3.42. The zero-order valence-electron chi connectivity index (χ0n) is 17.3. The van der Waals surface area contributed by atoms with E-state index >= 15 is 0 Å². The van der Waals surface area contributed by atoms with Gasteiger partial charge in [0, 0.05) is 15.6 Å². The van der Waals surface area contributed by atoms with Crippen LogP contribution in [0.1, 0.15) is 27.0 Å². The van der Waals surface area contributed by atoms with Crippen molar-refractivity contribution < 1.29 is 28.5 Å². The smallest absolute Gasteiger partial charge is 0.363 e. The fourth-order valence-electron chi connectivity index (χ4n) is 3.28. The summed E-state index contributed by atoms with van der Waals surface area (Å²) in [6, 6.07) is 17.4. The van der Waals surface area contributed by atoms with E-state index in [9.17, 15) is 9.59 Å². The molecule has 0 saturated carbocycles. The molecule has 0 radical (unpaired) electrons. The summed E-state index contributed by atoms with van der Waals surface area (Å²) < 4.78 is 22.3. The van der Waals surface area contributed by atoms with Gasteiger partial charge >= 0.3 is 11.9 Å². The maximum Gasteiger partial charge on any atom is 0.363 e. The van der Waals surface area contributed by atoms with E-state index in [0.717, 1.165) is 10.0 Å². The van der Waals surface area contributed by atoms with E-state index in [1.165, 1.54) is 6.08 Å². The maximum atomic E-state index is 12.7. The Balaban J connectivity index is 1.44. The first-order chi connectivity index (χ1) is 16.0. The summed E-state index contributed by atoms with van der Waals surface area (Å²) in [6.07, 6.45) is 1.52. The van der Waals surface area contributed by atoms with Crippen LogP contribution in [0, 0.1) is 6.92 Å². The molecule has 0 aromatic heterocycles. The van der Waals surface area contributed by atoms with E-state index in [4.69, 9.17) is 18.9 Å². The molecule has 0 unspecified atom stereocenters. The second kappa shape index (κ2) is 8.55. The molecule has 33 heavy (non-hydrogen) atoms. The lowest BCUT2D eigenvalue weighted by atomic mass is 10.1. The fraction of sp³-hybridized carbons (Fsp3) is 0.0800. The molecule has 164 valence electrons. The number of halogens is 1. The third-order valence-electron chi connectivity index (χ3n) is 4.99. The molecule has 0 bridgehead atoms. The van der Waals surface area contributed by atoms with Gasteiger partial charge in [-0.15, -0.1) is 0 Å². The van der Waals surface area contributed by atoms with Gasteiger partial charge in [0.05, 0.1) is 5.56 Å². The molecule has 0 N–H and O–H groups in total. The molecule has 2 aliphatic heterocycles. The summed E-state index contributed by atoms with van der Waals surface area (Å²) in [4.78, 5) is 29.5. The molecular formula is C25H16BrNO6. The number of benzene rings is 3. The van der Waals surface area contributed by atoms with Gasteiger partial charge in [0.25, 0.3) is 0 Å². The SMILES string of the molecule is Cc1ccc(C2=N/C(=C\c3cc(Br)ccc3OC(=O)c3ccc4c(c3)OCO4)C(=O)O2)cc1. The highest BCUT2D eigenvalue weighted by molar-refractivity contribution is 9.10. The zero-order valence-corrected chi connectivity index (χ0v) is 18.9. The highest BCUT2D eigenvalue weighted by atomic mass is 79.9. The Hall–Kier alpha value is -3.91. The summed E-state index contributed by atoms with van der Waals surface area (Å²) in [5, 5.41) is 0. The van der Waals surface area contributed by atoms with Gasteiger partial charge in [0.15, 0.2) is 17.2 Å². The number of hydrogen-bond acceptors (Lipinski definition) is 7. The van der Waals surface area contributed by atoms with Crippen LogP contribution < -0.4 is 14.2 Å².